The van der Waals surface area contributed by atoms with Crippen molar-refractivity contribution in [1.82, 2.24) is 0 Å². The average Bonchev–Trinajstić information content (AvgIpc) is 2.01. The van der Waals surface area contributed by atoms with Gasteiger partial charge >= 0.3 is 0 Å². The van der Waals surface area contributed by atoms with Gasteiger partial charge in [0.15, 0.2) is 11.6 Å². The molecule has 0 fully saturated rings. The highest BCUT2D eigenvalue weighted by Gasteiger charge is 2.08. The smallest absolute Gasteiger partial charge is 0.162 e. The van der Waals surface area contributed by atoms with Crippen LogP contribution < -0.4 is 0 Å². The van der Waals surface area contributed by atoms with Gasteiger partial charge in [0.05, 0.1) is 0 Å². The number of hydrogen-bond acceptors (Lipinski definition) is 0. The quantitative estimate of drug-likeness (QED) is 0.585. The summed E-state index contributed by atoms with van der Waals surface area (Å²) in [5, 5.41) is 0. The van der Waals surface area contributed by atoms with Gasteiger partial charge in [-0.25, -0.2) is 8.78 Å². The Balaban J connectivity index is 3.25. The lowest BCUT2D eigenvalue weighted by Crippen LogP contribution is -1.93. The fraction of sp³-hybridized carbons (Fsp3) is 0.222. The molecule has 0 saturated carbocycles. The molecule has 0 aliphatic heterocycles. The molecule has 0 saturated heterocycles. The highest BCUT2D eigenvalue weighted by molar-refractivity contribution is 5.29. The third kappa shape index (κ3) is 1.39. The normalized spacial score (nSPS) is 10.2. The molecule has 0 aromatic heterocycles. The molecule has 0 bridgehead atoms. The van der Waals surface area contributed by atoms with Crippen molar-refractivity contribution >= 4 is 0 Å². The molecule has 0 nitrogen and oxygen atoms in total. The third-order valence-corrected chi connectivity index (χ3v) is 1.62. The van der Waals surface area contributed by atoms with Gasteiger partial charge in [-0.15, -0.1) is 0 Å². The summed E-state index contributed by atoms with van der Waals surface area (Å²) in [5.41, 5.74) is 0.654. The van der Waals surface area contributed by atoms with Gasteiger partial charge in [-0.3, -0.25) is 0 Å². The number of hydrogen-bond donors (Lipinski definition) is 0. The Bertz CT molecular complexity index is 267. The minimum atomic E-state index is -0.757. The van der Waals surface area contributed by atoms with Crippen molar-refractivity contribution < 1.29 is 8.78 Å². The van der Waals surface area contributed by atoms with E-state index in [0.29, 0.717) is 11.1 Å². The van der Waals surface area contributed by atoms with Crippen LogP contribution in [0.25, 0.3) is 0 Å². The van der Waals surface area contributed by atoms with E-state index in [1.165, 1.54) is 13.3 Å². The van der Waals surface area contributed by atoms with Crippen molar-refractivity contribution in [2.75, 3.05) is 0 Å². The molecule has 0 aliphatic rings. The molecule has 59 valence electrons. The first-order valence-electron chi connectivity index (χ1n) is 3.40. The number of rotatable bonds is 1. The van der Waals surface area contributed by atoms with Crippen molar-refractivity contribution in [1.29, 1.82) is 0 Å². The lowest BCUT2D eigenvalue weighted by molar-refractivity contribution is 0.499. The van der Waals surface area contributed by atoms with Crippen LogP contribution in [-0.2, 0) is 0 Å². The van der Waals surface area contributed by atoms with Crippen LogP contribution in [0.3, 0.4) is 0 Å². The zero-order valence-electron chi connectivity index (χ0n) is 6.49. The van der Waals surface area contributed by atoms with Gasteiger partial charge in [-0.1, -0.05) is 19.1 Å². The van der Waals surface area contributed by atoms with Crippen LogP contribution in [-0.4, -0.2) is 0 Å². The van der Waals surface area contributed by atoms with E-state index in [1.54, 1.807) is 19.1 Å². The van der Waals surface area contributed by atoms with Crippen LogP contribution in [0.4, 0.5) is 8.78 Å². The maximum absolute atomic E-state index is 12.9. The van der Waals surface area contributed by atoms with Crippen LogP contribution in [0, 0.1) is 25.0 Å². The summed E-state index contributed by atoms with van der Waals surface area (Å²) in [6.07, 6.45) is 1.54. The third-order valence-electron chi connectivity index (χ3n) is 1.62. The van der Waals surface area contributed by atoms with Crippen molar-refractivity contribution in [2.24, 2.45) is 0 Å². The molecule has 0 heterocycles. The lowest BCUT2D eigenvalue weighted by atomic mass is 10.1. The van der Waals surface area contributed by atoms with E-state index in [0.717, 1.165) is 0 Å². The topological polar surface area (TPSA) is 0 Å². The molecule has 1 aromatic carbocycles. The van der Waals surface area contributed by atoms with Gasteiger partial charge in [0.25, 0.3) is 0 Å². The van der Waals surface area contributed by atoms with Gasteiger partial charge in [0.1, 0.15) is 0 Å². The van der Waals surface area contributed by atoms with Gasteiger partial charge in [0.2, 0.25) is 0 Å². The first kappa shape index (κ1) is 8.18. The van der Waals surface area contributed by atoms with Crippen molar-refractivity contribution in [3.05, 3.63) is 41.3 Å². The second-order valence-corrected chi connectivity index (χ2v) is 2.39. The van der Waals surface area contributed by atoms with Crippen LogP contribution in [0.2, 0.25) is 0 Å². The second-order valence-electron chi connectivity index (χ2n) is 2.39. The van der Waals surface area contributed by atoms with Crippen molar-refractivity contribution in [3.8, 4) is 0 Å². The predicted molar refractivity (Wildman–Crippen MR) is 40.2 cm³/mol. The molecule has 0 atom stereocenters. The van der Waals surface area contributed by atoms with Crippen molar-refractivity contribution in [3.63, 3.8) is 0 Å². The standard InChI is InChI=1S/C9H9F2/c1-3-7-5-4-6(2)8(10)9(7)11/h3-5H,1-2H3. The Morgan fingerprint density at radius 2 is 1.82 bits per heavy atom. The molecule has 2 heteroatoms. The van der Waals surface area contributed by atoms with Gasteiger partial charge in [-0.2, -0.15) is 0 Å². The zero-order valence-corrected chi connectivity index (χ0v) is 6.49. The minimum Gasteiger partial charge on any atom is -0.203 e. The van der Waals surface area contributed by atoms with Crippen LogP contribution in [0.15, 0.2) is 12.1 Å². The van der Waals surface area contributed by atoms with Crippen molar-refractivity contribution in [2.45, 2.75) is 13.8 Å². The Kier molecular flexibility index (Phi) is 2.22. The SMILES string of the molecule is C[CH]c1ccc(C)c(F)c1F. The van der Waals surface area contributed by atoms with E-state index < -0.39 is 11.6 Å². The summed E-state index contributed by atoms with van der Waals surface area (Å²) >= 11 is 0. The van der Waals surface area contributed by atoms with E-state index in [4.69, 9.17) is 0 Å². The van der Waals surface area contributed by atoms with Crippen LogP contribution >= 0.6 is 0 Å². The molecular formula is C9H9F2. The summed E-state index contributed by atoms with van der Waals surface area (Å²) in [6, 6.07) is 3.13. The highest BCUT2D eigenvalue weighted by atomic mass is 19.2. The fourth-order valence-corrected chi connectivity index (χ4v) is 0.884. The summed E-state index contributed by atoms with van der Waals surface area (Å²) in [7, 11) is 0. The first-order chi connectivity index (χ1) is 5.16. The summed E-state index contributed by atoms with van der Waals surface area (Å²) in [5.74, 6) is -1.51. The number of aryl methyl sites for hydroxylation is 1. The number of halogens is 2. The Morgan fingerprint density at radius 1 is 1.18 bits per heavy atom. The van der Waals surface area contributed by atoms with E-state index in [-0.39, 0.29) is 0 Å². The molecule has 0 unspecified atom stereocenters. The number of benzene rings is 1. The van der Waals surface area contributed by atoms with Gasteiger partial charge < -0.3 is 0 Å². The average molecular weight is 155 g/mol. The van der Waals surface area contributed by atoms with E-state index in [9.17, 15) is 8.78 Å². The molecule has 0 spiro atoms. The van der Waals surface area contributed by atoms with Gasteiger partial charge in [0, 0.05) is 0 Å². The monoisotopic (exact) mass is 155 g/mol. The molecular weight excluding hydrogens is 146 g/mol. The maximum atomic E-state index is 12.9. The van der Waals surface area contributed by atoms with E-state index in [1.807, 2.05) is 0 Å². The predicted octanol–water partition coefficient (Wildman–Crippen LogP) is 2.85. The minimum absolute atomic E-state index is 0.313. The van der Waals surface area contributed by atoms with Crippen LogP contribution in [0.5, 0.6) is 0 Å². The first-order valence-corrected chi connectivity index (χ1v) is 3.40. The molecule has 1 aromatic rings. The largest absolute Gasteiger partial charge is 0.203 e. The summed E-state index contributed by atoms with van der Waals surface area (Å²) in [6.45, 7) is 3.21. The summed E-state index contributed by atoms with van der Waals surface area (Å²) < 4.78 is 25.6. The molecule has 1 radical (unpaired) electrons. The maximum Gasteiger partial charge on any atom is 0.162 e. The molecule has 0 aliphatic carbocycles. The molecule has 11 heavy (non-hydrogen) atoms. The summed E-state index contributed by atoms with van der Waals surface area (Å²) in [4.78, 5) is 0. The van der Waals surface area contributed by atoms with Crippen LogP contribution in [0.1, 0.15) is 18.1 Å². The fourth-order valence-electron chi connectivity index (χ4n) is 0.884. The van der Waals surface area contributed by atoms with E-state index in [2.05, 4.69) is 0 Å². The highest BCUT2D eigenvalue weighted by Crippen LogP contribution is 2.16. The Morgan fingerprint density at radius 3 is 2.36 bits per heavy atom. The Labute approximate surface area is 64.9 Å². The molecule has 0 amide bonds. The van der Waals surface area contributed by atoms with E-state index >= 15 is 0 Å². The molecule has 1 rings (SSSR count). The van der Waals surface area contributed by atoms with Gasteiger partial charge in [-0.05, 0) is 24.5 Å². The lowest BCUT2D eigenvalue weighted by Gasteiger charge is -2.01. The zero-order chi connectivity index (χ0) is 8.43. The second kappa shape index (κ2) is 2.99. The Hall–Kier alpha value is -0.920. The molecule has 0 N–H and O–H groups in total.